The van der Waals surface area contributed by atoms with Gasteiger partial charge in [-0.15, -0.1) is 23.5 Å². The minimum absolute atomic E-state index is 1.14. The highest BCUT2D eigenvalue weighted by atomic mass is 32.2. The SMILES string of the molecule is CSCSc1cccc(SC)c1. The van der Waals surface area contributed by atoms with Gasteiger partial charge in [0, 0.05) is 14.9 Å². The standard InChI is InChI=1S/C9H12S3/c1-10-7-12-9-5-3-4-8(6-9)11-2/h3-6H,7H2,1-2H3. The second-order valence-corrected chi connectivity index (χ2v) is 5.39. The Morgan fingerprint density at radius 3 is 2.58 bits per heavy atom. The Labute approximate surface area is 86.9 Å². The Hall–Kier alpha value is 0.270. The molecule has 0 nitrogen and oxygen atoms in total. The summed E-state index contributed by atoms with van der Waals surface area (Å²) >= 11 is 5.56. The highest BCUT2D eigenvalue weighted by Gasteiger charge is 1.94. The second-order valence-electron chi connectivity index (χ2n) is 2.23. The van der Waals surface area contributed by atoms with Crippen molar-refractivity contribution in [1.29, 1.82) is 0 Å². The fourth-order valence-corrected chi connectivity index (χ4v) is 2.75. The molecule has 0 saturated carbocycles. The maximum absolute atomic E-state index is 2.24. The van der Waals surface area contributed by atoms with E-state index in [0.29, 0.717) is 0 Å². The summed E-state index contributed by atoms with van der Waals surface area (Å²) in [5, 5.41) is 1.14. The van der Waals surface area contributed by atoms with Crippen molar-refractivity contribution in [3.8, 4) is 0 Å². The third kappa shape index (κ3) is 3.33. The number of thioether (sulfide) groups is 3. The number of hydrogen-bond acceptors (Lipinski definition) is 3. The number of hydrogen-bond donors (Lipinski definition) is 0. The highest BCUT2D eigenvalue weighted by molar-refractivity contribution is 8.15. The molecule has 0 atom stereocenters. The summed E-state index contributed by atoms with van der Waals surface area (Å²) in [6.07, 6.45) is 4.24. The Morgan fingerprint density at radius 1 is 1.17 bits per heavy atom. The maximum Gasteiger partial charge on any atom is 0.0436 e. The molecular formula is C9H12S3. The fraction of sp³-hybridized carbons (Fsp3) is 0.333. The third-order valence-corrected chi connectivity index (χ3v) is 4.11. The lowest BCUT2D eigenvalue weighted by molar-refractivity contribution is 1.34. The van der Waals surface area contributed by atoms with Gasteiger partial charge in [-0.05, 0) is 30.7 Å². The molecule has 1 aromatic carbocycles. The molecular weight excluding hydrogens is 204 g/mol. The Bertz CT molecular complexity index is 235. The molecule has 66 valence electrons. The smallest absolute Gasteiger partial charge is 0.0436 e. The molecule has 1 aromatic rings. The maximum atomic E-state index is 2.24. The average molecular weight is 216 g/mol. The quantitative estimate of drug-likeness (QED) is 0.555. The molecule has 0 aliphatic carbocycles. The summed E-state index contributed by atoms with van der Waals surface area (Å²) < 4.78 is 0. The molecule has 1 rings (SSSR count). The van der Waals surface area contributed by atoms with Crippen LogP contribution in [0.1, 0.15) is 0 Å². The van der Waals surface area contributed by atoms with E-state index in [4.69, 9.17) is 0 Å². The van der Waals surface area contributed by atoms with Gasteiger partial charge in [0.05, 0.1) is 0 Å². The molecule has 12 heavy (non-hydrogen) atoms. The van der Waals surface area contributed by atoms with E-state index in [-0.39, 0.29) is 0 Å². The van der Waals surface area contributed by atoms with Crippen LogP contribution in [-0.2, 0) is 0 Å². The first-order valence-electron chi connectivity index (χ1n) is 3.62. The summed E-state index contributed by atoms with van der Waals surface area (Å²) in [5.41, 5.74) is 0. The van der Waals surface area contributed by atoms with Gasteiger partial charge in [0.1, 0.15) is 0 Å². The van der Waals surface area contributed by atoms with Crippen molar-refractivity contribution in [2.75, 3.05) is 17.6 Å². The van der Waals surface area contributed by atoms with Crippen molar-refractivity contribution in [2.45, 2.75) is 9.79 Å². The molecule has 0 heterocycles. The van der Waals surface area contributed by atoms with Crippen LogP contribution in [0.4, 0.5) is 0 Å². The van der Waals surface area contributed by atoms with E-state index in [1.807, 2.05) is 23.5 Å². The van der Waals surface area contributed by atoms with Gasteiger partial charge in [-0.1, -0.05) is 6.07 Å². The third-order valence-electron chi connectivity index (χ3n) is 1.38. The lowest BCUT2D eigenvalue weighted by Crippen LogP contribution is -1.74. The van der Waals surface area contributed by atoms with E-state index in [9.17, 15) is 0 Å². The Kier molecular flexibility index (Phi) is 5.04. The highest BCUT2D eigenvalue weighted by Crippen LogP contribution is 2.25. The van der Waals surface area contributed by atoms with E-state index >= 15 is 0 Å². The number of benzene rings is 1. The normalized spacial score (nSPS) is 10.2. The van der Waals surface area contributed by atoms with Crippen LogP contribution in [0, 0.1) is 0 Å². The molecule has 0 spiro atoms. The van der Waals surface area contributed by atoms with E-state index in [2.05, 4.69) is 36.8 Å². The van der Waals surface area contributed by atoms with E-state index in [0.717, 1.165) is 5.08 Å². The first kappa shape index (κ1) is 10.4. The van der Waals surface area contributed by atoms with Gasteiger partial charge >= 0.3 is 0 Å². The topological polar surface area (TPSA) is 0 Å². The molecule has 0 aliphatic rings. The summed E-state index contributed by atoms with van der Waals surface area (Å²) in [7, 11) is 0. The molecule has 3 heteroatoms. The van der Waals surface area contributed by atoms with Crippen LogP contribution in [0.5, 0.6) is 0 Å². The molecule has 0 N–H and O–H groups in total. The summed E-state index contributed by atoms with van der Waals surface area (Å²) in [5.74, 6) is 0. The lowest BCUT2D eigenvalue weighted by atomic mass is 10.4. The number of rotatable bonds is 4. The van der Waals surface area contributed by atoms with Gasteiger partial charge in [0.15, 0.2) is 0 Å². The predicted molar refractivity (Wildman–Crippen MR) is 62.5 cm³/mol. The summed E-state index contributed by atoms with van der Waals surface area (Å²) in [4.78, 5) is 2.72. The zero-order valence-corrected chi connectivity index (χ0v) is 9.69. The lowest BCUT2D eigenvalue weighted by Gasteiger charge is -2.01. The first-order chi connectivity index (χ1) is 5.86. The van der Waals surface area contributed by atoms with Crippen molar-refractivity contribution in [3.63, 3.8) is 0 Å². The van der Waals surface area contributed by atoms with Gasteiger partial charge in [0.25, 0.3) is 0 Å². The van der Waals surface area contributed by atoms with Gasteiger partial charge < -0.3 is 0 Å². The minimum Gasteiger partial charge on any atom is -0.154 e. The average Bonchev–Trinajstić information content (AvgIpc) is 2.15. The van der Waals surface area contributed by atoms with Gasteiger partial charge in [-0.2, -0.15) is 11.8 Å². The first-order valence-corrected chi connectivity index (χ1v) is 7.23. The Balaban J connectivity index is 2.60. The Morgan fingerprint density at radius 2 is 1.92 bits per heavy atom. The molecule has 0 bridgehead atoms. The molecule has 0 unspecified atom stereocenters. The second kappa shape index (κ2) is 5.84. The van der Waals surface area contributed by atoms with E-state index in [1.54, 1.807) is 11.8 Å². The van der Waals surface area contributed by atoms with Crippen LogP contribution in [0.2, 0.25) is 0 Å². The largest absolute Gasteiger partial charge is 0.154 e. The van der Waals surface area contributed by atoms with Crippen molar-refractivity contribution in [1.82, 2.24) is 0 Å². The summed E-state index contributed by atoms with van der Waals surface area (Å²) in [6, 6.07) is 8.68. The summed E-state index contributed by atoms with van der Waals surface area (Å²) in [6.45, 7) is 0. The van der Waals surface area contributed by atoms with Crippen LogP contribution >= 0.6 is 35.3 Å². The molecule has 0 fully saturated rings. The van der Waals surface area contributed by atoms with Crippen molar-refractivity contribution >= 4 is 35.3 Å². The molecule has 0 radical (unpaired) electrons. The van der Waals surface area contributed by atoms with Crippen molar-refractivity contribution in [2.24, 2.45) is 0 Å². The van der Waals surface area contributed by atoms with Crippen LogP contribution in [0.15, 0.2) is 34.1 Å². The minimum atomic E-state index is 1.14. The monoisotopic (exact) mass is 216 g/mol. The van der Waals surface area contributed by atoms with E-state index in [1.165, 1.54) is 9.79 Å². The fourth-order valence-electron chi connectivity index (χ4n) is 0.818. The zero-order valence-electron chi connectivity index (χ0n) is 7.24. The zero-order chi connectivity index (χ0) is 8.81. The van der Waals surface area contributed by atoms with Crippen molar-refractivity contribution in [3.05, 3.63) is 24.3 Å². The van der Waals surface area contributed by atoms with Crippen LogP contribution in [0.25, 0.3) is 0 Å². The molecule has 0 aromatic heterocycles. The van der Waals surface area contributed by atoms with Gasteiger partial charge in [0.2, 0.25) is 0 Å². The van der Waals surface area contributed by atoms with Gasteiger partial charge in [-0.25, -0.2) is 0 Å². The molecule has 0 aliphatic heterocycles. The molecule has 0 saturated heterocycles. The predicted octanol–water partition coefficient (Wildman–Crippen LogP) is 3.82. The molecule has 0 amide bonds. The van der Waals surface area contributed by atoms with Crippen LogP contribution in [-0.4, -0.2) is 17.6 Å². The van der Waals surface area contributed by atoms with Crippen LogP contribution < -0.4 is 0 Å². The van der Waals surface area contributed by atoms with E-state index < -0.39 is 0 Å². The van der Waals surface area contributed by atoms with Gasteiger partial charge in [-0.3, -0.25) is 0 Å². The van der Waals surface area contributed by atoms with Crippen molar-refractivity contribution < 1.29 is 0 Å². The van der Waals surface area contributed by atoms with Crippen LogP contribution in [0.3, 0.4) is 0 Å².